The zero-order chi connectivity index (χ0) is 20.2. The molecule has 0 aliphatic carbocycles. The Morgan fingerprint density at radius 3 is 1.04 bits per heavy atom. The SMILES string of the molecule is C1CSSC1.CC1(C)CCC(C)(C)N1O.CC1(C)CCCC(C)(C)N1O. The molecule has 3 aliphatic rings. The first kappa shape index (κ1) is 24.6. The van der Waals surface area contributed by atoms with Crippen LogP contribution in [0.15, 0.2) is 0 Å². The Morgan fingerprint density at radius 2 is 0.846 bits per heavy atom. The fourth-order valence-electron chi connectivity index (χ4n) is 3.92. The molecule has 0 radical (unpaired) electrons. The summed E-state index contributed by atoms with van der Waals surface area (Å²) in [6, 6.07) is 0. The van der Waals surface area contributed by atoms with Gasteiger partial charge < -0.3 is 10.4 Å². The first-order chi connectivity index (χ1) is 11.7. The molecule has 26 heavy (non-hydrogen) atoms. The quantitative estimate of drug-likeness (QED) is 0.466. The molecule has 156 valence electrons. The zero-order valence-electron chi connectivity index (χ0n) is 18.3. The highest BCUT2D eigenvalue weighted by atomic mass is 33.1. The van der Waals surface area contributed by atoms with Crippen LogP contribution in [0.3, 0.4) is 0 Å². The van der Waals surface area contributed by atoms with Crippen molar-refractivity contribution in [2.45, 2.75) is 116 Å². The molecule has 0 spiro atoms. The Hall–Kier alpha value is 0.540. The lowest BCUT2D eigenvalue weighted by Crippen LogP contribution is -2.56. The van der Waals surface area contributed by atoms with Gasteiger partial charge in [-0.1, -0.05) is 21.6 Å². The van der Waals surface area contributed by atoms with Crippen LogP contribution in [-0.2, 0) is 0 Å². The molecule has 0 aromatic rings. The molecule has 4 nitrogen and oxygen atoms in total. The van der Waals surface area contributed by atoms with E-state index in [1.54, 1.807) is 0 Å². The van der Waals surface area contributed by atoms with Crippen molar-refractivity contribution in [1.29, 1.82) is 0 Å². The Morgan fingerprint density at radius 1 is 0.538 bits per heavy atom. The van der Waals surface area contributed by atoms with Crippen LogP contribution >= 0.6 is 21.6 Å². The van der Waals surface area contributed by atoms with Crippen LogP contribution in [-0.4, -0.2) is 54.2 Å². The van der Waals surface area contributed by atoms with E-state index < -0.39 is 0 Å². The summed E-state index contributed by atoms with van der Waals surface area (Å²) in [5.74, 6) is 2.76. The lowest BCUT2D eigenvalue weighted by atomic mass is 9.82. The standard InChI is InChI=1S/C9H19NO.C8H17NO.C3H6S2/c1-8(2)6-5-7-9(3,4)10(8)11;1-7(2)5-6-8(3,4)9(7)10;1-2-4-5-3-1/h11H,5-7H2,1-4H3;10H,5-6H2,1-4H3;1-3H2. The number of hydrogen-bond acceptors (Lipinski definition) is 6. The van der Waals surface area contributed by atoms with Gasteiger partial charge in [0.25, 0.3) is 0 Å². The molecule has 3 fully saturated rings. The molecule has 0 aromatic carbocycles. The maximum Gasteiger partial charge on any atom is 0.0411 e. The summed E-state index contributed by atoms with van der Waals surface area (Å²) in [6.45, 7) is 16.6. The lowest BCUT2D eigenvalue weighted by molar-refractivity contribution is -0.241. The van der Waals surface area contributed by atoms with Crippen LogP contribution < -0.4 is 0 Å². The molecular formula is C20H42N2O2S2. The van der Waals surface area contributed by atoms with Gasteiger partial charge in [0.15, 0.2) is 0 Å². The molecule has 6 heteroatoms. The molecule has 0 unspecified atom stereocenters. The van der Waals surface area contributed by atoms with Crippen LogP contribution in [0.4, 0.5) is 0 Å². The lowest BCUT2D eigenvalue weighted by Gasteiger charge is -2.48. The highest BCUT2D eigenvalue weighted by Gasteiger charge is 2.43. The molecule has 3 aliphatic heterocycles. The second kappa shape index (κ2) is 9.36. The van der Waals surface area contributed by atoms with Gasteiger partial charge in [0.05, 0.1) is 0 Å². The molecule has 0 amide bonds. The van der Waals surface area contributed by atoms with Crippen LogP contribution in [0.25, 0.3) is 0 Å². The monoisotopic (exact) mass is 406 g/mol. The average molecular weight is 407 g/mol. The molecule has 0 saturated carbocycles. The number of hydroxylamine groups is 4. The molecule has 0 bridgehead atoms. The summed E-state index contributed by atoms with van der Waals surface area (Å²) in [4.78, 5) is 0. The van der Waals surface area contributed by atoms with E-state index in [0.29, 0.717) is 0 Å². The van der Waals surface area contributed by atoms with Gasteiger partial charge in [-0.25, -0.2) is 0 Å². The van der Waals surface area contributed by atoms with E-state index in [9.17, 15) is 10.4 Å². The molecule has 2 N–H and O–H groups in total. The van der Waals surface area contributed by atoms with Crippen molar-refractivity contribution in [2.75, 3.05) is 11.5 Å². The Balaban J connectivity index is 0.000000208. The van der Waals surface area contributed by atoms with Crippen LogP contribution in [0.5, 0.6) is 0 Å². The van der Waals surface area contributed by atoms with Gasteiger partial charge in [-0.3, -0.25) is 0 Å². The van der Waals surface area contributed by atoms with Gasteiger partial charge in [0, 0.05) is 33.7 Å². The summed E-state index contributed by atoms with van der Waals surface area (Å²) in [6.07, 6.45) is 6.99. The summed E-state index contributed by atoms with van der Waals surface area (Å²) in [5.41, 5.74) is -0.128. The Kier molecular flexibility index (Phi) is 8.85. The molecule has 0 atom stereocenters. The molecule has 3 rings (SSSR count). The summed E-state index contributed by atoms with van der Waals surface area (Å²) in [5, 5.41) is 22.4. The second-order valence-corrected chi connectivity index (χ2v) is 12.9. The maximum atomic E-state index is 9.80. The minimum absolute atomic E-state index is 0.0243. The van der Waals surface area contributed by atoms with Gasteiger partial charge in [-0.05, 0) is 93.9 Å². The summed E-state index contributed by atoms with van der Waals surface area (Å²) < 4.78 is 0. The molecular weight excluding hydrogens is 364 g/mol. The minimum Gasteiger partial charge on any atom is -0.313 e. The largest absolute Gasteiger partial charge is 0.313 e. The topological polar surface area (TPSA) is 46.9 Å². The molecule has 0 aromatic heterocycles. The fourth-order valence-corrected chi connectivity index (χ4v) is 6.28. The third-order valence-corrected chi connectivity index (χ3v) is 8.34. The third kappa shape index (κ3) is 6.85. The van der Waals surface area contributed by atoms with E-state index in [2.05, 4.69) is 55.4 Å². The van der Waals surface area contributed by atoms with Crippen molar-refractivity contribution in [2.24, 2.45) is 0 Å². The maximum absolute atomic E-state index is 9.80. The van der Waals surface area contributed by atoms with Gasteiger partial charge >= 0.3 is 0 Å². The Labute approximate surface area is 169 Å². The van der Waals surface area contributed by atoms with E-state index in [-0.39, 0.29) is 22.2 Å². The van der Waals surface area contributed by atoms with Crippen molar-refractivity contribution >= 4 is 21.6 Å². The van der Waals surface area contributed by atoms with E-state index in [1.165, 1.54) is 34.5 Å². The van der Waals surface area contributed by atoms with Gasteiger partial charge in [0.1, 0.15) is 0 Å². The second-order valence-electron chi connectivity index (χ2n) is 10.2. The third-order valence-electron chi connectivity index (χ3n) is 5.76. The van der Waals surface area contributed by atoms with E-state index in [1.807, 2.05) is 21.6 Å². The summed E-state index contributed by atoms with van der Waals surface area (Å²) >= 11 is 0. The number of rotatable bonds is 0. The van der Waals surface area contributed by atoms with E-state index in [0.717, 1.165) is 25.7 Å². The Bertz CT molecular complexity index is 396. The normalized spacial score (nSPS) is 29.3. The number of hydrogen-bond donors (Lipinski definition) is 2. The van der Waals surface area contributed by atoms with Gasteiger partial charge in [-0.2, -0.15) is 10.1 Å². The van der Waals surface area contributed by atoms with E-state index >= 15 is 0 Å². The van der Waals surface area contributed by atoms with Crippen LogP contribution in [0.1, 0.15) is 93.9 Å². The van der Waals surface area contributed by atoms with Crippen molar-refractivity contribution in [3.05, 3.63) is 0 Å². The predicted octanol–water partition coefficient (Wildman–Crippen LogP) is 6.22. The van der Waals surface area contributed by atoms with Crippen molar-refractivity contribution in [3.63, 3.8) is 0 Å². The average Bonchev–Trinajstić information content (AvgIpc) is 3.15. The van der Waals surface area contributed by atoms with Crippen molar-refractivity contribution in [1.82, 2.24) is 10.1 Å². The van der Waals surface area contributed by atoms with E-state index in [4.69, 9.17) is 0 Å². The van der Waals surface area contributed by atoms with Gasteiger partial charge in [0.2, 0.25) is 0 Å². The van der Waals surface area contributed by atoms with Gasteiger partial charge in [-0.15, -0.1) is 0 Å². The number of piperidine rings is 1. The summed E-state index contributed by atoms with van der Waals surface area (Å²) in [7, 11) is 3.98. The zero-order valence-corrected chi connectivity index (χ0v) is 19.9. The molecule has 3 heterocycles. The predicted molar refractivity (Wildman–Crippen MR) is 116 cm³/mol. The highest BCUT2D eigenvalue weighted by molar-refractivity contribution is 8.77. The van der Waals surface area contributed by atoms with Crippen molar-refractivity contribution in [3.8, 4) is 0 Å². The smallest absolute Gasteiger partial charge is 0.0411 e. The van der Waals surface area contributed by atoms with Crippen molar-refractivity contribution < 1.29 is 10.4 Å². The highest BCUT2D eigenvalue weighted by Crippen LogP contribution is 2.38. The first-order valence-electron chi connectivity index (χ1n) is 9.95. The fraction of sp³-hybridized carbons (Fsp3) is 1.00. The molecule has 3 saturated heterocycles. The minimum atomic E-state index is -0.0399. The van der Waals surface area contributed by atoms with Crippen LogP contribution in [0, 0.1) is 0 Å². The first-order valence-corrected chi connectivity index (χ1v) is 12.4. The number of nitrogens with zero attached hydrogens (tertiary/aromatic N) is 2. The van der Waals surface area contributed by atoms with Crippen LogP contribution in [0.2, 0.25) is 0 Å².